The van der Waals surface area contributed by atoms with E-state index in [1.807, 2.05) is 0 Å². The van der Waals surface area contributed by atoms with Crippen LogP contribution in [0, 0.1) is 5.82 Å². The van der Waals surface area contributed by atoms with Gasteiger partial charge in [0, 0.05) is 13.1 Å². The molecule has 0 saturated heterocycles. The van der Waals surface area contributed by atoms with Gasteiger partial charge in [-0.1, -0.05) is 24.3 Å². The van der Waals surface area contributed by atoms with Crippen LogP contribution in [0.5, 0.6) is 5.75 Å². The number of rotatable bonds is 9. The lowest BCUT2D eigenvalue weighted by atomic mass is 10.1. The molecule has 0 unspecified atom stereocenters. The molecule has 162 valence electrons. The van der Waals surface area contributed by atoms with Crippen LogP contribution in [0.15, 0.2) is 48.5 Å². The average molecular weight is 457 g/mol. The third kappa shape index (κ3) is 8.99. The minimum absolute atomic E-state index is 0. The summed E-state index contributed by atoms with van der Waals surface area (Å²) >= 11 is 0. The van der Waals surface area contributed by atoms with Gasteiger partial charge < -0.3 is 10.1 Å². The molecule has 0 aromatic heterocycles. The number of hydrogen-bond donors (Lipinski definition) is 2. The molecule has 2 rings (SSSR count). The van der Waals surface area contributed by atoms with Gasteiger partial charge in [0.05, 0.1) is 6.26 Å². The Morgan fingerprint density at radius 2 is 1.62 bits per heavy atom. The molecule has 0 spiro atoms. The first-order valence-electron chi connectivity index (χ1n) is 8.26. The van der Waals surface area contributed by atoms with Crippen molar-refractivity contribution in [1.29, 1.82) is 0 Å². The Bertz CT molecular complexity index is 860. The Hall–Kier alpha value is -1.88. The predicted octanol–water partition coefficient (Wildman–Crippen LogP) is 3.57. The van der Waals surface area contributed by atoms with Crippen LogP contribution in [0.2, 0.25) is 0 Å². The van der Waals surface area contributed by atoms with Crippen LogP contribution in [-0.4, -0.2) is 34.0 Å². The van der Waals surface area contributed by atoms with Crippen molar-refractivity contribution < 1.29 is 30.7 Å². The third-order valence-electron chi connectivity index (χ3n) is 3.66. The van der Waals surface area contributed by atoms with Crippen LogP contribution in [-0.2, 0) is 16.6 Å². The van der Waals surface area contributed by atoms with Gasteiger partial charge in [-0.15, -0.1) is 12.4 Å². The maximum atomic E-state index is 13.1. The molecule has 0 aliphatic heterocycles. The van der Waals surface area contributed by atoms with Crippen molar-refractivity contribution >= 4 is 22.4 Å². The molecule has 29 heavy (non-hydrogen) atoms. The molecule has 0 radical (unpaired) electrons. The van der Waals surface area contributed by atoms with E-state index in [-0.39, 0.29) is 23.8 Å². The molecular formula is C18H21ClF4N2O3S. The molecule has 5 nitrogen and oxygen atoms in total. The van der Waals surface area contributed by atoms with Gasteiger partial charge in [-0.05, 0) is 35.4 Å². The minimum Gasteiger partial charge on any atom is -0.492 e. The molecule has 2 aromatic rings. The fourth-order valence-electron chi connectivity index (χ4n) is 2.37. The van der Waals surface area contributed by atoms with Gasteiger partial charge in [0.15, 0.2) is 0 Å². The first-order valence-corrected chi connectivity index (χ1v) is 10.2. The van der Waals surface area contributed by atoms with Crippen LogP contribution >= 0.6 is 12.4 Å². The van der Waals surface area contributed by atoms with E-state index >= 15 is 0 Å². The highest BCUT2D eigenvalue weighted by atomic mass is 35.5. The Labute approximate surface area is 172 Å². The summed E-state index contributed by atoms with van der Waals surface area (Å²) in [6, 6.07) is 8.76. The standard InChI is InChI=1S/C18H20F4N2O3S.ClH/c1-28(25,26)24-17(18(20,21)22)14-4-2-13(3-5-14)12-23-10-11-27-16-8-6-15(19)7-9-16;/h2-9,17,23-24H,10-12H2,1H3;1H/t17-;/m0./s1. The number of ether oxygens (including phenoxy) is 1. The van der Waals surface area contributed by atoms with Crippen molar-refractivity contribution in [1.82, 2.24) is 10.0 Å². The maximum absolute atomic E-state index is 13.1. The normalized spacial score (nSPS) is 12.9. The molecule has 0 heterocycles. The van der Waals surface area contributed by atoms with E-state index in [1.165, 1.54) is 48.5 Å². The van der Waals surface area contributed by atoms with Crippen molar-refractivity contribution in [2.45, 2.75) is 18.8 Å². The highest BCUT2D eigenvalue weighted by Gasteiger charge is 2.42. The maximum Gasteiger partial charge on any atom is 0.408 e. The summed E-state index contributed by atoms with van der Waals surface area (Å²) in [6.45, 7) is 1.20. The molecule has 2 N–H and O–H groups in total. The minimum atomic E-state index is -4.75. The molecule has 0 fully saturated rings. The summed E-state index contributed by atoms with van der Waals surface area (Å²) in [6.07, 6.45) is -4.07. The number of alkyl halides is 3. The molecule has 0 bridgehead atoms. The lowest BCUT2D eigenvalue weighted by Gasteiger charge is -2.21. The average Bonchev–Trinajstić information content (AvgIpc) is 2.60. The van der Waals surface area contributed by atoms with E-state index in [4.69, 9.17) is 4.74 Å². The number of sulfonamides is 1. The van der Waals surface area contributed by atoms with E-state index in [0.717, 1.165) is 5.56 Å². The zero-order valence-corrected chi connectivity index (χ0v) is 17.0. The molecule has 11 heteroatoms. The highest BCUT2D eigenvalue weighted by molar-refractivity contribution is 7.88. The van der Waals surface area contributed by atoms with Gasteiger partial charge in [0.2, 0.25) is 10.0 Å². The van der Waals surface area contributed by atoms with Gasteiger partial charge in [0.1, 0.15) is 24.2 Å². The van der Waals surface area contributed by atoms with Crippen LogP contribution in [0.25, 0.3) is 0 Å². The van der Waals surface area contributed by atoms with Crippen LogP contribution < -0.4 is 14.8 Å². The van der Waals surface area contributed by atoms with Crippen molar-refractivity contribution in [3.05, 3.63) is 65.5 Å². The van der Waals surface area contributed by atoms with Gasteiger partial charge in [-0.2, -0.15) is 17.9 Å². The predicted molar refractivity (Wildman–Crippen MR) is 104 cm³/mol. The largest absolute Gasteiger partial charge is 0.492 e. The number of benzene rings is 2. The topological polar surface area (TPSA) is 67.4 Å². The zero-order chi connectivity index (χ0) is 20.8. The Balaban J connectivity index is 0.00000420. The molecule has 0 aliphatic rings. The highest BCUT2D eigenvalue weighted by Crippen LogP contribution is 2.33. The van der Waals surface area contributed by atoms with Crippen LogP contribution in [0.3, 0.4) is 0 Å². The quantitative estimate of drug-likeness (QED) is 0.447. The smallest absolute Gasteiger partial charge is 0.408 e. The second-order valence-corrected chi connectivity index (χ2v) is 7.87. The van der Waals surface area contributed by atoms with E-state index in [0.29, 0.717) is 31.7 Å². The summed E-state index contributed by atoms with van der Waals surface area (Å²) in [4.78, 5) is 0. The van der Waals surface area contributed by atoms with Gasteiger partial charge in [-0.25, -0.2) is 12.8 Å². The second kappa shape index (κ2) is 10.8. The molecule has 0 aliphatic carbocycles. The van der Waals surface area contributed by atoms with Crippen molar-refractivity contribution in [3.63, 3.8) is 0 Å². The number of hydrogen-bond acceptors (Lipinski definition) is 4. The summed E-state index contributed by atoms with van der Waals surface area (Å²) < 4.78 is 81.5. The Kier molecular flexibility index (Phi) is 9.34. The fourth-order valence-corrected chi connectivity index (χ4v) is 3.07. The van der Waals surface area contributed by atoms with E-state index in [1.54, 1.807) is 4.72 Å². The Morgan fingerprint density at radius 1 is 1.03 bits per heavy atom. The number of halogens is 5. The van der Waals surface area contributed by atoms with Crippen molar-refractivity contribution in [3.8, 4) is 5.75 Å². The zero-order valence-electron chi connectivity index (χ0n) is 15.4. The summed E-state index contributed by atoms with van der Waals surface area (Å²) in [7, 11) is -4.03. The number of nitrogens with one attached hydrogen (secondary N) is 2. The van der Waals surface area contributed by atoms with E-state index < -0.39 is 22.2 Å². The molecular weight excluding hydrogens is 436 g/mol. The lowest BCUT2D eigenvalue weighted by molar-refractivity contribution is -0.153. The molecule has 0 saturated carbocycles. The Morgan fingerprint density at radius 3 is 2.14 bits per heavy atom. The first-order chi connectivity index (χ1) is 13.0. The van der Waals surface area contributed by atoms with Crippen LogP contribution in [0.1, 0.15) is 17.2 Å². The molecule has 1 atom stereocenters. The summed E-state index contributed by atoms with van der Waals surface area (Å²) in [5, 5.41) is 3.07. The van der Waals surface area contributed by atoms with E-state index in [9.17, 15) is 26.0 Å². The van der Waals surface area contributed by atoms with Gasteiger partial charge >= 0.3 is 6.18 Å². The summed E-state index contributed by atoms with van der Waals surface area (Å²) in [5.41, 5.74) is 0.534. The molecule has 0 amide bonds. The fraction of sp³-hybridized carbons (Fsp3) is 0.333. The van der Waals surface area contributed by atoms with Crippen molar-refractivity contribution in [2.75, 3.05) is 19.4 Å². The lowest BCUT2D eigenvalue weighted by Crippen LogP contribution is -2.37. The monoisotopic (exact) mass is 456 g/mol. The SMILES string of the molecule is CS(=O)(=O)N[C@@H](c1ccc(CNCCOc2ccc(F)cc2)cc1)C(F)(F)F.Cl. The van der Waals surface area contributed by atoms with E-state index in [2.05, 4.69) is 5.32 Å². The van der Waals surface area contributed by atoms with Crippen molar-refractivity contribution in [2.24, 2.45) is 0 Å². The van der Waals surface area contributed by atoms with Gasteiger partial charge in [0.25, 0.3) is 0 Å². The second-order valence-electron chi connectivity index (χ2n) is 6.09. The van der Waals surface area contributed by atoms with Crippen LogP contribution in [0.4, 0.5) is 17.6 Å². The summed E-state index contributed by atoms with van der Waals surface area (Å²) in [5.74, 6) is 0.178. The molecule has 2 aromatic carbocycles. The van der Waals surface area contributed by atoms with Gasteiger partial charge in [-0.3, -0.25) is 0 Å². The first kappa shape index (κ1) is 25.2. The third-order valence-corrected chi connectivity index (χ3v) is 4.33.